The average Bonchev–Trinajstić information content (AvgIpc) is 3.06. The summed E-state index contributed by atoms with van der Waals surface area (Å²) < 4.78 is 1.86. The van der Waals surface area contributed by atoms with E-state index in [0.717, 1.165) is 52.6 Å². The zero-order valence-corrected chi connectivity index (χ0v) is 16.5. The van der Waals surface area contributed by atoms with Crippen LogP contribution in [0.5, 0.6) is 0 Å². The van der Waals surface area contributed by atoms with Crippen molar-refractivity contribution in [3.8, 4) is 11.3 Å². The molecule has 0 bridgehead atoms. The number of allylic oxidation sites excluding steroid dienone is 1. The first kappa shape index (κ1) is 17.6. The van der Waals surface area contributed by atoms with E-state index in [4.69, 9.17) is 4.98 Å². The maximum atomic E-state index is 13.7. The van der Waals surface area contributed by atoms with E-state index in [1.807, 2.05) is 11.5 Å². The van der Waals surface area contributed by atoms with E-state index in [-0.39, 0.29) is 11.0 Å². The first-order chi connectivity index (χ1) is 12.6. The lowest BCUT2D eigenvalue weighted by Gasteiger charge is -2.36. The van der Waals surface area contributed by atoms with Crippen LogP contribution in [-0.2, 0) is 18.4 Å². The van der Waals surface area contributed by atoms with Crippen LogP contribution in [0.1, 0.15) is 50.7 Å². The Hall–Kier alpha value is -1.81. The van der Waals surface area contributed by atoms with Crippen LogP contribution in [-0.4, -0.2) is 15.3 Å². The summed E-state index contributed by atoms with van der Waals surface area (Å²) in [6, 6.07) is 8.51. The van der Waals surface area contributed by atoms with E-state index in [1.54, 1.807) is 11.8 Å². The zero-order valence-electron chi connectivity index (χ0n) is 15.7. The molecule has 1 fully saturated rings. The highest BCUT2D eigenvalue weighted by molar-refractivity contribution is 7.99. The van der Waals surface area contributed by atoms with E-state index in [0.29, 0.717) is 6.54 Å². The van der Waals surface area contributed by atoms with Crippen LogP contribution in [0.2, 0.25) is 0 Å². The number of fused-ring (bicyclic) bond motifs is 4. The number of hydrogen-bond acceptors (Lipinski definition) is 3. The normalized spacial score (nSPS) is 17.2. The monoisotopic (exact) mass is 366 g/mol. The predicted octanol–water partition coefficient (Wildman–Crippen LogP) is 4.97. The summed E-state index contributed by atoms with van der Waals surface area (Å²) >= 11 is 1.65. The molecule has 4 rings (SSSR count). The molecule has 0 aliphatic heterocycles. The Labute approximate surface area is 159 Å². The molecular formula is C22H26N2OS. The maximum absolute atomic E-state index is 13.7. The van der Waals surface area contributed by atoms with Gasteiger partial charge in [0.2, 0.25) is 0 Å². The highest BCUT2D eigenvalue weighted by Crippen LogP contribution is 2.49. The SMILES string of the molecule is C=C(C)Cn1c(SCC)nc2c(c1=O)C1(CCCC1)Cc1ccccc1-2. The summed E-state index contributed by atoms with van der Waals surface area (Å²) in [7, 11) is 0. The van der Waals surface area contributed by atoms with Crippen LogP contribution < -0.4 is 5.56 Å². The van der Waals surface area contributed by atoms with Crippen LogP contribution >= 0.6 is 11.8 Å². The second kappa shape index (κ2) is 6.73. The first-order valence-electron chi connectivity index (χ1n) is 9.56. The fourth-order valence-electron chi connectivity index (χ4n) is 4.69. The number of thioether (sulfide) groups is 1. The molecular weight excluding hydrogens is 340 g/mol. The lowest BCUT2D eigenvalue weighted by molar-refractivity contribution is 0.417. The Morgan fingerprint density at radius 3 is 2.73 bits per heavy atom. The fraction of sp³-hybridized carbons (Fsp3) is 0.455. The Morgan fingerprint density at radius 2 is 2.04 bits per heavy atom. The summed E-state index contributed by atoms with van der Waals surface area (Å²) in [6.45, 7) is 8.67. The van der Waals surface area contributed by atoms with Gasteiger partial charge in [0.05, 0.1) is 11.3 Å². The van der Waals surface area contributed by atoms with E-state index < -0.39 is 0 Å². The highest BCUT2D eigenvalue weighted by atomic mass is 32.2. The third-order valence-corrected chi connectivity index (χ3v) is 6.59. The molecule has 4 heteroatoms. The molecule has 136 valence electrons. The van der Waals surface area contributed by atoms with E-state index in [9.17, 15) is 4.79 Å². The number of benzene rings is 1. The van der Waals surface area contributed by atoms with E-state index in [1.165, 1.54) is 18.4 Å². The Kier molecular flexibility index (Phi) is 4.55. The third-order valence-electron chi connectivity index (χ3n) is 5.73. The summed E-state index contributed by atoms with van der Waals surface area (Å²) in [6.07, 6.45) is 5.57. The molecule has 2 aliphatic carbocycles. The van der Waals surface area contributed by atoms with E-state index >= 15 is 0 Å². The molecule has 0 N–H and O–H groups in total. The van der Waals surface area contributed by atoms with Crippen LogP contribution in [0.4, 0.5) is 0 Å². The molecule has 1 heterocycles. The van der Waals surface area contributed by atoms with Gasteiger partial charge >= 0.3 is 0 Å². The lowest BCUT2D eigenvalue weighted by atomic mass is 9.68. The van der Waals surface area contributed by atoms with Gasteiger partial charge in [0.25, 0.3) is 5.56 Å². The molecule has 3 nitrogen and oxygen atoms in total. The molecule has 0 radical (unpaired) electrons. The molecule has 0 atom stereocenters. The molecule has 1 aromatic heterocycles. The fourth-order valence-corrected chi connectivity index (χ4v) is 5.41. The van der Waals surface area contributed by atoms with Crippen LogP contribution in [0.15, 0.2) is 46.4 Å². The maximum Gasteiger partial charge on any atom is 0.258 e. The number of hydrogen-bond donors (Lipinski definition) is 0. The Balaban J connectivity index is 2.03. The lowest BCUT2D eigenvalue weighted by Crippen LogP contribution is -2.40. The van der Waals surface area contributed by atoms with Crippen molar-refractivity contribution in [1.82, 2.24) is 9.55 Å². The zero-order chi connectivity index (χ0) is 18.3. The van der Waals surface area contributed by atoms with Crippen molar-refractivity contribution < 1.29 is 0 Å². The van der Waals surface area contributed by atoms with Crippen molar-refractivity contribution in [2.45, 2.75) is 63.1 Å². The van der Waals surface area contributed by atoms with Crippen LogP contribution in [0, 0.1) is 0 Å². The second-order valence-electron chi connectivity index (χ2n) is 7.72. The minimum atomic E-state index is -0.0278. The largest absolute Gasteiger partial charge is 0.283 e. The van der Waals surface area contributed by atoms with Gasteiger partial charge < -0.3 is 0 Å². The molecule has 1 saturated carbocycles. The smallest absolute Gasteiger partial charge is 0.258 e. The van der Waals surface area contributed by atoms with Gasteiger partial charge in [-0.15, -0.1) is 0 Å². The topological polar surface area (TPSA) is 34.9 Å². The second-order valence-corrected chi connectivity index (χ2v) is 8.95. The molecule has 2 aliphatic rings. The average molecular weight is 367 g/mol. The van der Waals surface area contributed by atoms with Gasteiger partial charge in [0.15, 0.2) is 5.16 Å². The summed E-state index contributed by atoms with van der Waals surface area (Å²) in [5.74, 6) is 0.897. The summed E-state index contributed by atoms with van der Waals surface area (Å²) in [5.41, 5.74) is 5.52. The number of nitrogens with zero attached hydrogens (tertiary/aromatic N) is 2. The molecule has 1 aromatic carbocycles. The molecule has 0 amide bonds. The van der Waals surface area contributed by atoms with E-state index in [2.05, 4.69) is 37.8 Å². The quantitative estimate of drug-likeness (QED) is 0.435. The summed E-state index contributed by atoms with van der Waals surface area (Å²) in [4.78, 5) is 18.7. The van der Waals surface area contributed by atoms with Crippen LogP contribution in [0.25, 0.3) is 11.3 Å². The van der Waals surface area contributed by atoms with Crippen molar-refractivity contribution >= 4 is 11.8 Å². The van der Waals surface area contributed by atoms with Gasteiger partial charge in [-0.25, -0.2) is 4.98 Å². The predicted molar refractivity (Wildman–Crippen MR) is 109 cm³/mol. The standard InChI is InChI=1S/C22H26N2OS/c1-4-26-21-23-19-17-10-6-5-9-16(17)13-22(11-7-8-12-22)18(19)20(25)24(21)14-15(2)3/h5-6,9-10H,2,4,7-8,11-14H2,1,3H3. The molecule has 2 aromatic rings. The minimum absolute atomic E-state index is 0.0278. The van der Waals surface area contributed by atoms with Gasteiger partial charge in [0, 0.05) is 17.5 Å². The van der Waals surface area contributed by atoms with Gasteiger partial charge in [-0.2, -0.15) is 0 Å². The minimum Gasteiger partial charge on any atom is -0.283 e. The van der Waals surface area contributed by atoms with Crippen molar-refractivity contribution in [3.05, 3.63) is 57.9 Å². The van der Waals surface area contributed by atoms with Crippen LogP contribution in [0.3, 0.4) is 0 Å². The first-order valence-corrected chi connectivity index (χ1v) is 10.5. The Bertz CT molecular complexity index is 922. The Morgan fingerprint density at radius 1 is 1.31 bits per heavy atom. The molecule has 1 spiro atoms. The molecule has 0 unspecified atom stereocenters. The molecule has 0 saturated heterocycles. The molecule has 26 heavy (non-hydrogen) atoms. The summed E-state index contributed by atoms with van der Waals surface area (Å²) in [5, 5.41) is 0.823. The van der Waals surface area contributed by atoms with Crippen molar-refractivity contribution in [2.75, 3.05) is 5.75 Å². The number of aromatic nitrogens is 2. The third kappa shape index (κ3) is 2.75. The van der Waals surface area contributed by atoms with Gasteiger partial charge in [0.1, 0.15) is 0 Å². The highest BCUT2D eigenvalue weighted by Gasteiger charge is 2.44. The number of rotatable bonds is 4. The van der Waals surface area contributed by atoms with Crippen molar-refractivity contribution in [1.29, 1.82) is 0 Å². The van der Waals surface area contributed by atoms with Gasteiger partial charge in [-0.3, -0.25) is 9.36 Å². The van der Waals surface area contributed by atoms with Crippen molar-refractivity contribution in [3.63, 3.8) is 0 Å². The van der Waals surface area contributed by atoms with Gasteiger partial charge in [-0.05, 0) is 37.5 Å². The van der Waals surface area contributed by atoms with Gasteiger partial charge in [-0.1, -0.05) is 67.9 Å². The van der Waals surface area contributed by atoms with Crippen molar-refractivity contribution in [2.24, 2.45) is 0 Å².